The minimum absolute atomic E-state index is 0.108. The number of fused-ring (bicyclic) bond motifs is 1. The predicted octanol–water partition coefficient (Wildman–Crippen LogP) is 4.04. The zero-order valence-electron chi connectivity index (χ0n) is 19.7. The molecule has 176 valence electrons. The molecule has 1 aliphatic heterocycles. The Morgan fingerprint density at radius 3 is 2.71 bits per heavy atom. The highest BCUT2D eigenvalue weighted by atomic mass is 16.2. The molecule has 1 unspecified atom stereocenters. The van der Waals surface area contributed by atoms with Crippen LogP contribution in [0, 0.1) is 13.8 Å². The summed E-state index contributed by atoms with van der Waals surface area (Å²) in [6, 6.07) is 17.3. The third-order valence-corrected chi connectivity index (χ3v) is 5.87. The molecule has 35 heavy (non-hydrogen) atoms. The van der Waals surface area contributed by atoms with Crippen LogP contribution in [0.4, 0.5) is 17.2 Å². The quantitative estimate of drug-likeness (QED) is 0.371. The van der Waals surface area contributed by atoms with Gasteiger partial charge in [0.15, 0.2) is 5.82 Å². The molecular weight excluding hydrogens is 442 g/mol. The maximum Gasteiger partial charge on any atom is 0.273 e. The molecule has 2 aromatic carbocycles. The Balaban J connectivity index is 1.33. The summed E-state index contributed by atoms with van der Waals surface area (Å²) in [6.45, 7) is 3.75. The Labute approximate surface area is 202 Å². The number of hydrogen-bond acceptors (Lipinski definition) is 5. The van der Waals surface area contributed by atoms with Crippen molar-refractivity contribution in [3.05, 3.63) is 88.4 Å². The second-order valence-corrected chi connectivity index (χ2v) is 8.70. The van der Waals surface area contributed by atoms with Crippen molar-refractivity contribution >= 4 is 35.2 Å². The summed E-state index contributed by atoms with van der Waals surface area (Å²) in [5, 5.41) is 17.0. The summed E-state index contributed by atoms with van der Waals surface area (Å²) in [6.07, 6.45) is 2.29. The molecule has 0 saturated heterocycles. The molecule has 0 fully saturated rings. The molecule has 1 atom stereocenters. The van der Waals surface area contributed by atoms with Gasteiger partial charge in [0, 0.05) is 36.4 Å². The number of anilines is 2. The SMILES string of the molecule is Cc1cc(C(=O)Nc2cccc(Cc3ccc4c(c3)C(C=Nc3cc(C)[nH]n3)C(=O)N4)c2)n(C)n1. The smallest absolute Gasteiger partial charge is 0.273 e. The number of H-pyrrole nitrogens is 1. The summed E-state index contributed by atoms with van der Waals surface area (Å²) in [7, 11) is 1.75. The van der Waals surface area contributed by atoms with Gasteiger partial charge in [-0.2, -0.15) is 10.2 Å². The van der Waals surface area contributed by atoms with Crippen LogP contribution in [0.5, 0.6) is 0 Å². The topological polar surface area (TPSA) is 117 Å². The first-order valence-corrected chi connectivity index (χ1v) is 11.3. The van der Waals surface area contributed by atoms with E-state index in [1.54, 1.807) is 24.0 Å². The minimum Gasteiger partial charge on any atom is -0.325 e. The molecule has 0 aliphatic carbocycles. The molecular formula is C26H25N7O2. The van der Waals surface area contributed by atoms with Gasteiger partial charge in [-0.1, -0.05) is 24.3 Å². The van der Waals surface area contributed by atoms with Crippen LogP contribution in [0.3, 0.4) is 0 Å². The average Bonchev–Trinajstić information content (AvgIpc) is 3.48. The number of aromatic nitrogens is 4. The van der Waals surface area contributed by atoms with Crippen molar-refractivity contribution in [3.63, 3.8) is 0 Å². The Bertz CT molecular complexity index is 1460. The van der Waals surface area contributed by atoms with Crippen molar-refractivity contribution in [2.45, 2.75) is 26.2 Å². The third-order valence-electron chi connectivity index (χ3n) is 5.87. The zero-order valence-corrected chi connectivity index (χ0v) is 19.7. The van der Waals surface area contributed by atoms with E-state index in [0.29, 0.717) is 23.6 Å². The fourth-order valence-corrected chi connectivity index (χ4v) is 4.23. The molecule has 4 aromatic rings. The highest BCUT2D eigenvalue weighted by Crippen LogP contribution is 2.33. The number of carbonyl (C=O) groups is 2. The van der Waals surface area contributed by atoms with Gasteiger partial charge in [0.1, 0.15) is 11.6 Å². The molecule has 3 heterocycles. The summed E-state index contributed by atoms with van der Waals surface area (Å²) in [4.78, 5) is 29.6. The number of nitrogens with one attached hydrogen (secondary N) is 3. The van der Waals surface area contributed by atoms with Crippen LogP contribution in [0.1, 0.15) is 44.5 Å². The molecule has 0 spiro atoms. The van der Waals surface area contributed by atoms with Gasteiger partial charge in [-0.15, -0.1) is 0 Å². The maximum atomic E-state index is 12.6. The third kappa shape index (κ3) is 4.74. The van der Waals surface area contributed by atoms with Gasteiger partial charge in [-0.25, -0.2) is 4.99 Å². The van der Waals surface area contributed by atoms with Crippen LogP contribution in [0.15, 0.2) is 59.6 Å². The lowest BCUT2D eigenvalue weighted by Crippen LogP contribution is -2.16. The molecule has 9 heteroatoms. The van der Waals surface area contributed by atoms with Crippen LogP contribution < -0.4 is 10.6 Å². The Morgan fingerprint density at radius 1 is 1.14 bits per heavy atom. The highest BCUT2D eigenvalue weighted by molar-refractivity contribution is 6.12. The van der Waals surface area contributed by atoms with E-state index in [4.69, 9.17) is 0 Å². The maximum absolute atomic E-state index is 12.6. The number of rotatable bonds is 6. The van der Waals surface area contributed by atoms with Gasteiger partial charge < -0.3 is 10.6 Å². The van der Waals surface area contributed by atoms with Crippen LogP contribution >= 0.6 is 0 Å². The van der Waals surface area contributed by atoms with Gasteiger partial charge in [-0.3, -0.25) is 19.4 Å². The number of aromatic amines is 1. The summed E-state index contributed by atoms with van der Waals surface area (Å²) in [5.74, 6) is -0.250. The zero-order chi connectivity index (χ0) is 24.5. The molecule has 2 amide bonds. The Morgan fingerprint density at radius 2 is 1.97 bits per heavy atom. The molecule has 3 N–H and O–H groups in total. The molecule has 0 saturated carbocycles. The van der Waals surface area contributed by atoms with Crippen molar-refractivity contribution in [1.82, 2.24) is 20.0 Å². The number of benzene rings is 2. The second kappa shape index (κ2) is 9.02. The number of carbonyl (C=O) groups excluding carboxylic acids is 2. The van der Waals surface area contributed by atoms with E-state index in [0.717, 1.165) is 33.8 Å². The lowest BCUT2D eigenvalue weighted by atomic mass is 9.96. The fraction of sp³-hybridized carbons (Fsp3) is 0.192. The molecule has 9 nitrogen and oxygen atoms in total. The van der Waals surface area contributed by atoms with Crippen LogP contribution in [0.2, 0.25) is 0 Å². The minimum atomic E-state index is -0.477. The average molecular weight is 468 g/mol. The fourth-order valence-electron chi connectivity index (χ4n) is 4.23. The summed E-state index contributed by atoms with van der Waals surface area (Å²) >= 11 is 0. The van der Waals surface area contributed by atoms with Gasteiger partial charge in [0.2, 0.25) is 5.91 Å². The van der Waals surface area contributed by atoms with Gasteiger partial charge >= 0.3 is 0 Å². The molecule has 0 bridgehead atoms. The first kappa shape index (κ1) is 22.3. The van der Waals surface area contributed by atoms with E-state index in [1.807, 2.05) is 62.4 Å². The first-order chi connectivity index (χ1) is 16.9. The molecule has 2 aromatic heterocycles. The van der Waals surface area contributed by atoms with E-state index >= 15 is 0 Å². The van der Waals surface area contributed by atoms with E-state index in [9.17, 15) is 9.59 Å². The summed E-state index contributed by atoms with van der Waals surface area (Å²) in [5.41, 5.74) is 6.69. The molecule has 0 radical (unpaired) electrons. The lowest BCUT2D eigenvalue weighted by molar-refractivity contribution is -0.115. The van der Waals surface area contributed by atoms with Gasteiger partial charge in [0.05, 0.1) is 5.69 Å². The predicted molar refractivity (Wildman–Crippen MR) is 134 cm³/mol. The van der Waals surface area contributed by atoms with Crippen molar-refractivity contribution in [2.24, 2.45) is 12.0 Å². The Kier molecular flexibility index (Phi) is 5.74. The number of amides is 2. The van der Waals surface area contributed by atoms with Gasteiger partial charge in [0.25, 0.3) is 5.91 Å². The van der Waals surface area contributed by atoms with E-state index < -0.39 is 5.92 Å². The Hall–Kier alpha value is -4.53. The number of aryl methyl sites for hydroxylation is 3. The van der Waals surface area contributed by atoms with E-state index in [2.05, 4.69) is 30.9 Å². The van der Waals surface area contributed by atoms with Crippen molar-refractivity contribution in [1.29, 1.82) is 0 Å². The van der Waals surface area contributed by atoms with Gasteiger partial charge in [-0.05, 0) is 61.2 Å². The van der Waals surface area contributed by atoms with Crippen molar-refractivity contribution in [3.8, 4) is 0 Å². The molecule has 5 rings (SSSR count). The van der Waals surface area contributed by atoms with Crippen molar-refractivity contribution < 1.29 is 9.59 Å². The second-order valence-electron chi connectivity index (χ2n) is 8.70. The lowest BCUT2D eigenvalue weighted by Gasteiger charge is -2.09. The largest absolute Gasteiger partial charge is 0.325 e. The van der Waals surface area contributed by atoms with E-state index in [-0.39, 0.29) is 11.8 Å². The number of hydrogen-bond donors (Lipinski definition) is 3. The van der Waals surface area contributed by atoms with Crippen LogP contribution in [-0.2, 0) is 18.3 Å². The summed E-state index contributed by atoms with van der Waals surface area (Å²) < 4.78 is 1.57. The van der Waals surface area contributed by atoms with E-state index in [1.165, 1.54) is 0 Å². The highest BCUT2D eigenvalue weighted by Gasteiger charge is 2.29. The molecule has 1 aliphatic rings. The first-order valence-electron chi connectivity index (χ1n) is 11.3. The number of nitrogens with zero attached hydrogens (tertiary/aromatic N) is 4. The number of aliphatic imine (C=N–C) groups is 1. The monoisotopic (exact) mass is 467 g/mol. The van der Waals surface area contributed by atoms with Crippen LogP contribution in [0.25, 0.3) is 0 Å². The van der Waals surface area contributed by atoms with Crippen LogP contribution in [-0.4, -0.2) is 38.0 Å². The normalized spacial score (nSPS) is 14.8. The van der Waals surface area contributed by atoms with Crippen molar-refractivity contribution in [2.75, 3.05) is 10.6 Å². The standard InChI is InChI=1S/C26H25N7O2/c1-15-10-24(31-30-15)27-14-21-20-13-18(7-8-22(20)29-25(21)34)11-17-5-4-6-19(12-17)28-26(35)23-9-16(2)32-33(23)3/h4-10,12-14,21H,11H2,1-3H3,(H,28,35)(H,29,34)(H,30,31).